The van der Waals surface area contributed by atoms with Gasteiger partial charge in [-0.15, -0.1) is 9.78 Å². The van der Waals surface area contributed by atoms with E-state index in [4.69, 9.17) is 19.7 Å². The van der Waals surface area contributed by atoms with Gasteiger partial charge in [-0.2, -0.15) is 9.97 Å². The fraction of sp³-hybridized carbons (Fsp3) is 0.478. The maximum Gasteiger partial charge on any atom is 0.350 e. The minimum absolute atomic E-state index is 0.251. The highest BCUT2D eigenvalue weighted by molar-refractivity contribution is 5.87. The zero-order valence-electron chi connectivity index (χ0n) is 19.1. The first kappa shape index (κ1) is 21.0. The van der Waals surface area contributed by atoms with Gasteiger partial charge in [0.1, 0.15) is 11.6 Å². The number of aryl methyl sites for hydroxylation is 1. The summed E-state index contributed by atoms with van der Waals surface area (Å²) in [7, 11) is 1.92. The Kier molecular flexibility index (Phi) is 5.33. The van der Waals surface area contributed by atoms with E-state index in [0.29, 0.717) is 43.3 Å². The van der Waals surface area contributed by atoms with E-state index in [9.17, 15) is 4.79 Å². The van der Waals surface area contributed by atoms with Crippen LogP contribution in [0.4, 0.5) is 5.82 Å². The molecule has 34 heavy (non-hydrogen) atoms. The van der Waals surface area contributed by atoms with Crippen molar-refractivity contribution in [2.24, 2.45) is 7.05 Å². The van der Waals surface area contributed by atoms with Crippen LogP contribution in [0.5, 0.6) is 0 Å². The molecule has 1 saturated heterocycles. The summed E-state index contributed by atoms with van der Waals surface area (Å²) in [5.74, 6) is 2.70. The third-order valence-electron chi connectivity index (χ3n) is 6.75. The maximum absolute atomic E-state index is 12.9. The first-order valence-electron chi connectivity index (χ1n) is 11.9. The Balaban J connectivity index is 1.51. The van der Waals surface area contributed by atoms with Gasteiger partial charge < -0.3 is 14.2 Å². The molecule has 2 aliphatic rings. The Hall–Kier alpha value is -3.60. The number of ether oxygens (including phenoxy) is 1. The monoisotopic (exact) mass is 461 g/mol. The van der Waals surface area contributed by atoms with Crippen molar-refractivity contribution in [2.45, 2.75) is 38.0 Å². The molecule has 0 spiro atoms. The molecule has 0 unspecified atom stereocenters. The van der Waals surface area contributed by atoms with Crippen LogP contribution >= 0.6 is 0 Å². The minimum Gasteiger partial charge on any atom is -0.378 e. The van der Waals surface area contributed by atoms with Crippen LogP contribution in [0.3, 0.4) is 0 Å². The second-order valence-electron chi connectivity index (χ2n) is 8.91. The lowest BCUT2D eigenvalue weighted by Gasteiger charge is -2.27. The molecule has 1 aliphatic carbocycles. The minimum atomic E-state index is -0.315. The number of nitrogens with zero attached hydrogens (tertiary/aromatic N) is 8. The summed E-state index contributed by atoms with van der Waals surface area (Å²) in [6, 6.07) is 3.83. The van der Waals surface area contributed by atoms with E-state index in [1.807, 2.05) is 23.7 Å². The molecular formula is C23H27N9O2. The van der Waals surface area contributed by atoms with Crippen LogP contribution in [0.25, 0.3) is 28.5 Å². The summed E-state index contributed by atoms with van der Waals surface area (Å²) in [5, 5.41) is 4.63. The van der Waals surface area contributed by atoms with Gasteiger partial charge in [0.05, 0.1) is 13.2 Å². The number of hydrogen-bond donors (Lipinski definition) is 1. The van der Waals surface area contributed by atoms with Crippen LogP contribution in [0.1, 0.15) is 43.8 Å². The van der Waals surface area contributed by atoms with Crippen molar-refractivity contribution in [3.05, 3.63) is 40.8 Å². The lowest BCUT2D eigenvalue weighted by molar-refractivity contribution is 0.122. The van der Waals surface area contributed by atoms with Gasteiger partial charge in [-0.3, -0.25) is 9.97 Å². The molecule has 1 aliphatic heterocycles. The fourth-order valence-corrected chi connectivity index (χ4v) is 4.92. The Morgan fingerprint density at radius 2 is 1.79 bits per heavy atom. The zero-order chi connectivity index (χ0) is 23.1. The molecule has 11 heteroatoms. The summed E-state index contributed by atoms with van der Waals surface area (Å²) in [6.45, 7) is 2.60. The van der Waals surface area contributed by atoms with Crippen LogP contribution in [0.15, 0.2) is 29.3 Å². The number of rotatable bonds is 4. The molecule has 5 heterocycles. The number of H-pyrrole nitrogens is 1. The molecule has 0 amide bonds. The van der Waals surface area contributed by atoms with Gasteiger partial charge in [0, 0.05) is 44.0 Å². The number of aromatic nitrogens is 8. The summed E-state index contributed by atoms with van der Waals surface area (Å²) in [6.07, 6.45) is 9.14. The lowest BCUT2D eigenvalue weighted by atomic mass is 9.89. The highest BCUT2D eigenvalue weighted by atomic mass is 16.5. The van der Waals surface area contributed by atoms with Crippen molar-refractivity contribution < 1.29 is 4.74 Å². The number of hydrogen-bond acceptors (Lipinski definition) is 8. The number of aromatic amines is 1. The molecule has 2 fully saturated rings. The average molecular weight is 462 g/mol. The van der Waals surface area contributed by atoms with Crippen LogP contribution < -0.4 is 10.6 Å². The van der Waals surface area contributed by atoms with Gasteiger partial charge in [0.15, 0.2) is 17.0 Å². The maximum atomic E-state index is 12.9. The number of anilines is 1. The predicted octanol–water partition coefficient (Wildman–Crippen LogP) is 2.18. The second-order valence-corrected chi connectivity index (χ2v) is 8.91. The van der Waals surface area contributed by atoms with Crippen LogP contribution in [0, 0.1) is 0 Å². The predicted molar refractivity (Wildman–Crippen MR) is 126 cm³/mol. The first-order valence-corrected chi connectivity index (χ1v) is 11.9. The van der Waals surface area contributed by atoms with E-state index in [2.05, 4.69) is 20.0 Å². The SMILES string of the molecule is Cn1c(-c2ccncc2)nc2c(N3CCOCC3)nc(-n3nc(C4CCCCC4)[nH]c3=O)nc21. The largest absolute Gasteiger partial charge is 0.378 e. The molecule has 1 saturated carbocycles. The Bertz CT molecular complexity index is 1360. The number of pyridine rings is 1. The molecule has 0 aromatic carbocycles. The molecule has 11 nitrogen and oxygen atoms in total. The van der Waals surface area contributed by atoms with Crippen LogP contribution in [-0.2, 0) is 11.8 Å². The topological polar surface area (TPSA) is 120 Å². The summed E-state index contributed by atoms with van der Waals surface area (Å²) in [4.78, 5) is 36.6. The Labute approximate surface area is 195 Å². The number of imidazole rings is 1. The second kappa shape index (κ2) is 8.64. The van der Waals surface area contributed by atoms with E-state index < -0.39 is 0 Å². The van der Waals surface area contributed by atoms with E-state index >= 15 is 0 Å². The van der Waals surface area contributed by atoms with E-state index in [-0.39, 0.29) is 17.6 Å². The van der Waals surface area contributed by atoms with Gasteiger partial charge in [0.25, 0.3) is 5.95 Å². The fourth-order valence-electron chi connectivity index (χ4n) is 4.92. The first-order chi connectivity index (χ1) is 16.7. The standard InChI is InChI=1S/C23H27N9O2/c1-30-19(16-7-9-24-10-8-16)25-17-20(30)27-22(28-21(17)31-11-13-34-14-12-31)32-23(33)26-18(29-32)15-5-3-2-4-6-15/h7-10,15H,2-6,11-14H2,1H3,(H,26,29,33). The highest BCUT2D eigenvalue weighted by Crippen LogP contribution is 2.31. The third-order valence-corrected chi connectivity index (χ3v) is 6.75. The third kappa shape index (κ3) is 3.65. The quantitative estimate of drug-likeness (QED) is 0.491. The van der Waals surface area contributed by atoms with Gasteiger partial charge >= 0.3 is 5.69 Å². The van der Waals surface area contributed by atoms with Gasteiger partial charge in [-0.1, -0.05) is 19.3 Å². The molecular weight excluding hydrogens is 434 g/mol. The van der Waals surface area contributed by atoms with Gasteiger partial charge in [0.2, 0.25) is 0 Å². The molecule has 1 N–H and O–H groups in total. The van der Waals surface area contributed by atoms with Gasteiger partial charge in [-0.05, 0) is 25.0 Å². The summed E-state index contributed by atoms with van der Waals surface area (Å²) in [5.41, 5.74) is 1.95. The highest BCUT2D eigenvalue weighted by Gasteiger charge is 2.25. The van der Waals surface area contributed by atoms with Gasteiger partial charge in [-0.25, -0.2) is 9.78 Å². The zero-order valence-corrected chi connectivity index (χ0v) is 19.1. The normalized spacial score (nSPS) is 17.5. The van der Waals surface area contributed by atoms with E-state index in [0.717, 1.165) is 42.9 Å². The van der Waals surface area contributed by atoms with E-state index in [1.54, 1.807) is 12.4 Å². The average Bonchev–Trinajstić information content (AvgIpc) is 3.45. The molecule has 4 aromatic heterocycles. The number of fused-ring (bicyclic) bond motifs is 1. The number of morpholine rings is 1. The Morgan fingerprint density at radius 1 is 1.03 bits per heavy atom. The lowest BCUT2D eigenvalue weighted by Crippen LogP contribution is -2.37. The molecule has 4 aromatic rings. The van der Waals surface area contributed by atoms with Crippen molar-refractivity contribution in [1.29, 1.82) is 0 Å². The van der Waals surface area contributed by atoms with Crippen molar-refractivity contribution in [1.82, 2.24) is 39.3 Å². The smallest absolute Gasteiger partial charge is 0.350 e. The molecule has 0 radical (unpaired) electrons. The Morgan fingerprint density at radius 3 is 2.56 bits per heavy atom. The van der Waals surface area contributed by atoms with Crippen LogP contribution in [-0.4, -0.2) is 65.6 Å². The van der Waals surface area contributed by atoms with Crippen LogP contribution in [0.2, 0.25) is 0 Å². The van der Waals surface area contributed by atoms with Crippen molar-refractivity contribution in [3.63, 3.8) is 0 Å². The molecule has 176 valence electrons. The van der Waals surface area contributed by atoms with Crippen molar-refractivity contribution in [3.8, 4) is 17.3 Å². The molecule has 0 bridgehead atoms. The summed E-state index contributed by atoms with van der Waals surface area (Å²) >= 11 is 0. The van der Waals surface area contributed by atoms with E-state index in [1.165, 1.54) is 11.1 Å². The van der Waals surface area contributed by atoms with Crippen molar-refractivity contribution in [2.75, 3.05) is 31.2 Å². The molecule has 6 rings (SSSR count). The number of nitrogens with one attached hydrogen (secondary N) is 1. The summed E-state index contributed by atoms with van der Waals surface area (Å²) < 4.78 is 8.77. The molecule has 0 atom stereocenters. The van der Waals surface area contributed by atoms with Crippen molar-refractivity contribution >= 4 is 17.0 Å².